The number of rotatable bonds is 4. The molecule has 0 radical (unpaired) electrons. The summed E-state index contributed by atoms with van der Waals surface area (Å²) in [4.78, 5) is 14.9. The Morgan fingerprint density at radius 1 is 1.00 bits per heavy atom. The van der Waals surface area contributed by atoms with Gasteiger partial charge >= 0.3 is 0 Å². The maximum atomic E-state index is 13.6. The number of benzene rings is 2. The number of halogens is 2. The van der Waals surface area contributed by atoms with Gasteiger partial charge in [0.1, 0.15) is 5.82 Å². The Morgan fingerprint density at radius 2 is 1.65 bits per heavy atom. The Morgan fingerprint density at radius 3 is 2.30 bits per heavy atom. The number of ketones is 1. The van der Waals surface area contributed by atoms with Crippen molar-refractivity contribution in [3.05, 3.63) is 69.4 Å². The normalized spacial score (nSPS) is 15.6. The van der Waals surface area contributed by atoms with Gasteiger partial charge < -0.3 is 0 Å². The first kappa shape index (κ1) is 16.3. The quantitative estimate of drug-likeness (QED) is 0.714. The molecular formula is C19H19BrFNO. The minimum atomic E-state index is -0.419. The van der Waals surface area contributed by atoms with Crippen molar-refractivity contribution in [2.45, 2.75) is 25.8 Å². The second-order valence-electron chi connectivity index (χ2n) is 5.99. The fraction of sp³-hybridized carbons (Fsp3) is 0.316. The zero-order valence-corrected chi connectivity index (χ0v) is 14.5. The summed E-state index contributed by atoms with van der Waals surface area (Å²) < 4.78 is 13.9. The van der Waals surface area contributed by atoms with E-state index in [1.165, 1.54) is 30.9 Å². The predicted molar refractivity (Wildman–Crippen MR) is 93.1 cm³/mol. The van der Waals surface area contributed by atoms with Crippen molar-refractivity contribution < 1.29 is 9.18 Å². The minimum absolute atomic E-state index is 0.152. The summed E-state index contributed by atoms with van der Waals surface area (Å²) >= 11 is 3.10. The molecule has 0 unspecified atom stereocenters. The van der Waals surface area contributed by atoms with Crippen LogP contribution in [0.2, 0.25) is 0 Å². The first-order chi connectivity index (χ1) is 11.1. The van der Waals surface area contributed by atoms with Gasteiger partial charge in [0.05, 0.1) is 4.47 Å². The van der Waals surface area contributed by atoms with Gasteiger partial charge in [-0.25, -0.2) is 4.39 Å². The van der Waals surface area contributed by atoms with E-state index >= 15 is 0 Å². The average molecular weight is 376 g/mol. The van der Waals surface area contributed by atoms with Crippen molar-refractivity contribution >= 4 is 21.7 Å². The number of nitrogens with zero attached hydrogens (tertiary/aromatic N) is 1. The van der Waals surface area contributed by atoms with Crippen molar-refractivity contribution in [2.24, 2.45) is 0 Å². The minimum Gasteiger partial charge on any atom is -0.299 e. The van der Waals surface area contributed by atoms with Gasteiger partial charge in [0.15, 0.2) is 5.78 Å². The highest BCUT2D eigenvalue weighted by Crippen LogP contribution is 2.19. The van der Waals surface area contributed by atoms with E-state index in [-0.39, 0.29) is 5.78 Å². The number of likely N-dealkylation sites (tertiary alicyclic amines) is 1. The summed E-state index contributed by atoms with van der Waals surface area (Å²) in [7, 11) is 0. The van der Waals surface area contributed by atoms with Crippen LogP contribution in [0.4, 0.5) is 4.39 Å². The predicted octanol–water partition coefficient (Wildman–Crippen LogP) is 4.81. The zero-order chi connectivity index (χ0) is 16.2. The lowest BCUT2D eigenvalue weighted by Gasteiger charge is -2.26. The first-order valence-electron chi connectivity index (χ1n) is 7.94. The molecule has 2 aromatic rings. The van der Waals surface area contributed by atoms with Gasteiger partial charge in [0.2, 0.25) is 0 Å². The van der Waals surface area contributed by atoms with Crippen molar-refractivity contribution in [1.29, 1.82) is 0 Å². The highest BCUT2D eigenvalue weighted by Gasteiger charge is 2.13. The molecule has 1 heterocycles. The lowest BCUT2D eigenvalue weighted by Crippen LogP contribution is -2.29. The van der Waals surface area contributed by atoms with Crippen LogP contribution in [-0.4, -0.2) is 23.8 Å². The molecule has 0 bridgehead atoms. The molecule has 0 atom stereocenters. The van der Waals surface area contributed by atoms with E-state index in [0.717, 1.165) is 19.6 Å². The van der Waals surface area contributed by atoms with Crippen LogP contribution in [0, 0.1) is 5.82 Å². The Balaban J connectivity index is 1.70. The largest absolute Gasteiger partial charge is 0.299 e. The lowest BCUT2D eigenvalue weighted by molar-refractivity contribution is 0.103. The van der Waals surface area contributed by atoms with Crippen LogP contribution in [0.25, 0.3) is 0 Å². The van der Waals surface area contributed by atoms with Gasteiger partial charge in [0.25, 0.3) is 0 Å². The highest BCUT2D eigenvalue weighted by molar-refractivity contribution is 9.10. The van der Waals surface area contributed by atoms with Crippen LogP contribution in [-0.2, 0) is 6.54 Å². The number of carbonyl (C=O) groups is 1. The molecule has 0 saturated carbocycles. The van der Waals surface area contributed by atoms with Crippen LogP contribution in [0.1, 0.15) is 40.7 Å². The van der Waals surface area contributed by atoms with Crippen LogP contribution in [0.15, 0.2) is 46.9 Å². The van der Waals surface area contributed by atoms with E-state index in [2.05, 4.69) is 20.8 Å². The standard InChI is InChI=1S/C19H19BrFNO/c20-17-9-8-16(12-18(17)21)19(23)15-6-4-14(5-7-15)13-22-10-2-1-3-11-22/h4-9,12H,1-3,10-11,13H2. The molecule has 0 aliphatic carbocycles. The summed E-state index contributed by atoms with van der Waals surface area (Å²) in [6, 6.07) is 12.1. The number of hydrogen-bond donors (Lipinski definition) is 0. The smallest absolute Gasteiger partial charge is 0.193 e. The monoisotopic (exact) mass is 375 g/mol. The number of carbonyl (C=O) groups excluding carboxylic acids is 1. The van der Waals surface area contributed by atoms with E-state index in [1.54, 1.807) is 12.1 Å². The van der Waals surface area contributed by atoms with Gasteiger partial charge in [-0.3, -0.25) is 9.69 Å². The molecule has 3 rings (SSSR count). The van der Waals surface area contributed by atoms with E-state index < -0.39 is 5.82 Å². The fourth-order valence-corrected chi connectivity index (χ4v) is 3.19. The molecule has 0 aromatic heterocycles. The Hall–Kier alpha value is -1.52. The van der Waals surface area contributed by atoms with Crippen LogP contribution >= 0.6 is 15.9 Å². The number of hydrogen-bond acceptors (Lipinski definition) is 2. The molecular weight excluding hydrogens is 357 g/mol. The molecule has 1 fully saturated rings. The molecule has 0 N–H and O–H groups in total. The van der Waals surface area contributed by atoms with Crippen molar-refractivity contribution in [3.63, 3.8) is 0 Å². The van der Waals surface area contributed by atoms with Gasteiger partial charge in [-0.15, -0.1) is 0 Å². The summed E-state index contributed by atoms with van der Waals surface area (Å²) in [5, 5.41) is 0. The second kappa shape index (κ2) is 7.37. The lowest BCUT2D eigenvalue weighted by atomic mass is 10.0. The van der Waals surface area contributed by atoms with Gasteiger partial charge in [-0.1, -0.05) is 30.7 Å². The molecule has 120 valence electrons. The summed E-state index contributed by atoms with van der Waals surface area (Å²) in [6.07, 6.45) is 3.87. The topological polar surface area (TPSA) is 20.3 Å². The maximum absolute atomic E-state index is 13.6. The van der Waals surface area contributed by atoms with E-state index in [4.69, 9.17) is 0 Å². The molecule has 4 heteroatoms. The van der Waals surface area contributed by atoms with Crippen LogP contribution in [0.3, 0.4) is 0 Å². The van der Waals surface area contributed by atoms with Crippen LogP contribution in [0.5, 0.6) is 0 Å². The molecule has 1 aliphatic rings. The van der Waals surface area contributed by atoms with Gasteiger partial charge in [-0.05, 0) is 65.6 Å². The van der Waals surface area contributed by atoms with Crippen molar-refractivity contribution in [2.75, 3.05) is 13.1 Å². The molecule has 0 amide bonds. The highest BCUT2D eigenvalue weighted by atomic mass is 79.9. The van der Waals surface area contributed by atoms with Crippen molar-refractivity contribution in [3.8, 4) is 0 Å². The molecule has 1 aliphatic heterocycles. The average Bonchev–Trinajstić information content (AvgIpc) is 2.58. The SMILES string of the molecule is O=C(c1ccc(CN2CCCCC2)cc1)c1ccc(Br)c(F)c1. The van der Waals surface area contributed by atoms with Crippen molar-refractivity contribution in [1.82, 2.24) is 4.90 Å². The van der Waals surface area contributed by atoms with E-state index in [1.807, 2.05) is 24.3 Å². The molecule has 2 aromatic carbocycles. The maximum Gasteiger partial charge on any atom is 0.193 e. The van der Waals surface area contributed by atoms with Crippen LogP contribution < -0.4 is 0 Å². The van der Waals surface area contributed by atoms with E-state index in [9.17, 15) is 9.18 Å². The molecule has 23 heavy (non-hydrogen) atoms. The first-order valence-corrected chi connectivity index (χ1v) is 8.74. The molecule has 1 saturated heterocycles. The summed E-state index contributed by atoms with van der Waals surface area (Å²) in [6.45, 7) is 3.24. The Kier molecular flexibility index (Phi) is 5.23. The third-order valence-corrected chi connectivity index (χ3v) is 4.90. The molecule has 2 nitrogen and oxygen atoms in total. The second-order valence-corrected chi connectivity index (χ2v) is 6.85. The Bertz CT molecular complexity index is 693. The fourth-order valence-electron chi connectivity index (χ4n) is 2.94. The number of piperidine rings is 1. The zero-order valence-electron chi connectivity index (χ0n) is 12.9. The molecule has 0 spiro atoms. The van der Waals surface area contributed by atoms with Gasteiger partial charge in [-0.2, -0.15) is 0 Å². The Labute approximate surface area is 144 Å². The third-order valence-electron chi connectivity index (χ3n) is 4.25. The summed E-state index contributed by atoms with van der Waals surface area (Å²) in [5.74, 6) is -0.571. The van der Waals surface area contributed by atoms with E-state index in [0.29, 0.717) is 15.6 Å². The summed E-state index contributed by atoms with van der Waals surface area (Å²) in [5.41, 5.74) is 2.18. The third kappa shape index (κ3) is 4.06. The van der Waals surface area contributed by atoms with Gasteiger partial charge in [0, 0.05) is 17.7 Å².